The Morgan fingerprint density at radius 2 is 1.93 bits per heavy atom. The van der Waals surface area contributed by atoms with Crippen molar-refractivity contribution in [2.24, 2.45) is 0 Å². The molecule has 0 fully saturated rings. The standard InChI is InChI=1S/C19H27N5O3S/c1-4-20-16(25)12-21-17(26)13-28-19-22-15-9-6-5-8-14(15)18(27)24(19)11-7-10-23(2)3/h5-6,8-9H,4,7,10-13H2,1-3H3,(H,20,25)(H,21,26). The van der Waals surface area contributed by atoms with Gasteiger partial charge in [0.05, 0.1) is 23.2 Å². The van der Waals surface area contributed by atoms with E-state index in [9.17, 15) is 14.4 Å². The molecule has 0 aliphatic rings. The summed E-state index contributed by atoms with van der Waals surface area (Å²) in [5, 5.41) is 6.27. The third kappa shape index (κ3) is 6.35. The Bertz CT molecular complexity index is 881. The van der Waals surface area contributed by atoms with E-state index in [1.165, 1.54) is 11.8 Å². The summed E-state index contributed by atoms with van der Waals surface area (Å²) in [7, 11) is 3.96. The molecule has 2 N–H and O–H groups in total. The van der Waals surface area contributed by atoms with Crippen LogP contribution in [0.3, 0.4) is 0 Å². The molecule has 2 rings (SSSR count). The van der Waals surface area contributed by atoms with Gasteiger partial charge in [0.15, 0.2) is 5.16 Å². The van der Waals surface area contributed by atoms with E-state index in [0.717, 1.165) is 13.0 Å². The van der Waals surface area contributed by atoms with Crippen LogP contribution in [0.25, 0.3) is 10.9 Å². The molecule has 2 aromatic rings. The summed E-state index contributed by atoms with van der Waals surface area (Å²) in [6, 6.07) is 7.20. The Morgan fingerprint density at radius 1 is 1.18 bits per heavy atom. The van der Waals surface area contributed by atoms with Crippen LogP contribution in [0.1, 0.15) is 13.3 Å². The van der Waals surface area contributed by atoms with Crippen molar-refractivity contribution in [3.05, 3.63) is 34.6 Å². The summed E-state index contributed by atoms with van der Waals surface area (Å²) in [6.07, 6.45) is 0.796. The highest BCUT2D eigenvalue weighted by molar-refractivity contribution is 7.99. The van der Waals surface area contributed by atoms with Gasteiger partial charge in [0, 0.05) is 13.1 Å². The van der Waals surface area contributed by atoms with Gasteiger partial charge >= 0.3 is 0 Å². The second-order valence-electron chi connectivity index (χ2n) is 6.54. The maximum Gasteiger partial charge on any atom is 0.262 e. The Morgan fingerprint density at radius 3 is 2.64 bits per heavy atom. The van der Waals surface area contributed by atoms with E-state index < -0.39 is 0 Å². The summed E-state index contributed by atoms with van der Waals surface area (Å²) in [5.41, 5.74) is 0.510. The third-order valence-corrected chi connectivity index (χ3v) is 4.94. The summed E-state index contributed by atoms with van der Waals surface area (Å²) >= 11 is 1.20. The Labute approximate surface area is 168 Å². The number of nitrogens with one attached hydrogen (secondary N) is 2. The highest BCUT2D eigenvalue weighted by atomic mass is 32.2. The fourth-order valence-corrected chi connectivity index (χ4v) is 3.47. The Kier molecular flexibility index (Phi) is 8.46. The van der Waals surface area contributed by atoms with Crippen molar-refractivity contribution in [1.29, 1.82) is 0 Å². The van der Waals surface area contributed by atoms with Gasteiger partial charge in [-0.3, -0.25) is 19.0 Å². The van der Waals surface area contributed by atoms with E-state index in [-0.39, 0.29) is 29.7 Å². The summed E-state index contributed by atoms with van der Waals surface area (Å²) in [5.74, 6) is -0.429. The van der Waals surface area contributed by atoms with Crippen LogP contribution in [0, 0.1) is 0 Å². The molecule has 8 nitrogen and oxygen atoms in total. The number of thioether (sulfide) groups is 1. The van der Waals surface area contributed by atoms with Gasteiger partial charge in [0.2, 0.25) is 11.8 Å². The number of hydrogen-bond donors (Lipinski definition) is 2. The number of aromatic nitrogens is 2. The molecule has 0 saturated heterocycles. The molecule has 2 amide bonds. The normalized spacial score (nSPS) is 11.0. The lowest BCUT2D eigenvalue weighted by Gasteiger charge is -2.14. The molecule has 0 bridgehead atoms. The zero-order chi connectivity index (χ0) is 20.5. The predicted octanol–water partition coefficient (Wildman–Crippen LogP) is 0.693. The largest absolute Gasteiger partial charge is 0.355 e. The molecule has 0 radical (unpaired) electrons. The van der Waals surface area contributed by atoms with Gasteiger partial charge in [-0.15, -0.1) is 0 Å². The van der Waals surface area contributed by atoms with Crippen LogP contribution in [0.4, 0.5) is 0 Å². The van der Waals surface area contributed by atoms with E-state index in [2.05, 4.69) is 20.5 Å². The van der Waals surface area contributed by atoms with Crippen molar-refractivity contribution < 1.29 is 9.59 Å². The predicted molar refractivity (Wildman–Crippen MR) is 112 cm³/mol. The zero-order valence-electron chi connectivity index (χ0n) is 16.5. The molecule has 0 aliphatic carbocycles. The average molecular weight is 406 g/mol. The van der Waals surface area contributed by atoms with Crippen LogP contribution >= 0.6 is 11.8 Å². The molecule has 1 aromatic heterocycles. The number of hydrogen-bond acceptors (Lipinski definition) is 6. The molecule has 0 saturated carbocycles. The molecule has 0 spiro atoms. The monoisotopic (exact) mass is 405 g/mol. The minimum atomic E-state index is -0.279. The molecule has 152 valence electrons. The second-order valence-corrected chi connectivity index (χ2v) is 7.49. The number of benzene rings is 1. The number of para-hydroxylation sites is 1. The molecule has 9 heteroatoms. The van der Waals surface area contributed by atoms with E-state index in [1.54, 1.807) is 16.7 Å². The van der Waals surface area contributed by atoms with Crippen LogP contribution in [0.5, 0.6) is 0 Å². The topological polar surface area (TPSA) is 96.3 Å². The van der Waals surface area contributed by atoms with Gasteiger partial charge in [0.1, 0.15) is 0 Å². The van der Waals surface area contributed by atoms with Crippen molar-refractivity contribution in [3.63, 3.8) is 0 Å². The molecule has 28 heavy (non-hydrogen) atoms. The fourth-order valence-electron chi connectivity index (χ4n) is 2.62. The second kappa shape index (κ2) is 10.8. The number of fused-ring (bicyclic) bond motifs is 1. The third-order valence-electron chi connectivity index (χ3n) is 3.97. The molecule has 0 unspecified atom stereocenters. The highest BCUT2D eigenvalue weighted by Gasteiger charge is 2.13. The molecule has 0 aliphatic heterocycles. The van der Waals surface area contributed by atoms with E-state index in [0.29, 0.717) is 29.1 Å². The van der Waals surface area contributed by atoms with Crippen LogP contribution in [-0.4, -0.2) is 65.7 Å². The van der Waals surface area contributed by atoms with Gasteiger partial charge in [-0.1, -0.05) is 23.9 Å². The Hall–Kier alpha value is -2.39. The van der Waals surface area contributed by atoms with Crippen LogP contribution in [0.2, 0.25) is 0 Å². The lowest BCUT2D eigenvalue weighted by atomic mass is 10.2. The lowest BCUT2D eigenvalue weighted by Crippen LogP contribution is -2.37. The summed E-state index contributed by atoms with van der Waals surface area (Å²) in [4.78, 5) is 43.0. The maximum atomic E-state index is 12.9. The van der Waals surface area contributed by atoms with Gasteiger partial charge in [-0.05, 0) is 46.1 Å². The first-order valence-electron chi connectivity index (χ1n) is 9.23. The van der Waals surface area contributed by atoms with E-state index in [4.69, 9.17) is 0 Å². The van der Waals surface area contributed by atoms with Crippen molar-refractivity contribution >= 4 is 34.5 Å². The molecule has 0 atom stereocenters. The molecule has 1 heterocycles. The van der Waals surface area contributed by atoms with E-state index in [1.807, 2.05) is 33.2 Å². The van der Waals surface area contributed by atoms with Gasteiger partial charge in [-0.25, -0.2) is 4.98 Å². The minimum absolute atomic E-state index is 0.0615. The van der Waals surface area contributed by atoms with Gasteiger partial charge in [0.25, 0.3) is 5.56 Å². The lowest BCUT2D eigenvalue weighted by molar-refractivity contribution is -0.124. The van der Waals surface area contributed by atoms with Gasteiger partial charge < -0.3 is 15.5 Å². The van der Waals surface area contributed by atoms with Gasteiger partial charge in [-0.2, -0.15) is 0 Å². The SMILES string of the molecule is CCNC(=O)CNC(=O)CSc1nc2ccccc2c(=O)n1CCCN(C)C. The number of nitrogens with zero attached hydrogens (tertiary/aromatic N) is 3. The van der Waals surface area contributed by atoms with Crippen LogP contribution < -0.4 is 16.2 Å². The van der Waals surface area contributed by atoms with Crippen molar-refractivity contribution in [1.82, 2.24) is 25.1 Å². The van der Waals surface area contributed by atoms with E-state index >= 15 is 0 Å². The number of carbonyl (C=O) groups is 2. The first kappa shape index (κ1) is 21.9. The number of carbonyl (C=O) groups excluding carboxylic acids is 2. The van der Waals surface area contributed by atoms with Crippen molar-refractivity contribution in [3.8, 4) is 0 Å². The zero-order valence-corrected chi connectivity index (χ0v) is 17.3. The first-order chi connectivity index (χ1) is 13.4. The van der Waals surface area contributed by atoms with Crippen molar-refractivity contribution in [2.45, 2.75) is 25.0 Å². The number of likely N-dealkylation sites (N-methyl/N-ethyl adjacent to an activating group) is 1. The fraction of sp³-hybridized carbons (Fsp3) is 0.474. The maximum absolute atomic E-state index is 12.9. The molecule has 1 aromatic carbocycles. The Balaban J connectivity index is 2.13. The highest BCUT2D eigenvalue weighted by Crippen LogP contribution is 2.18. The van der Waals surface area contributed by atoms with Crippen LogP contribution in [-0.2, 0) is 16.1 Å². The average Bonchev–Trinajstić information content (AvgIpc) is 2.66. The van der Waals surface area contributed by atoms with Crippen molar-refractivity contribution in [2.75, 3.05) is 39.5 Å². The quantitative estimate of drug-likeness (QED) is 0.446. The summed E-state index contributed by atoms with van der Waals surface area (Å²) in [6.45, 7) is 3.64. The molecular weight excluding hydrogens is 378 g/mol. The smallest absolute Gasteiger partial charge is 0.262 e. The first-order valence-corrected chi connectivity index (χ1v) is 10.2. The number of amides is 2. The molecular formula is C19H27N5O3S. The van der Waals surface area contributed by atoms with Crippen LogP contribution in [0.15, 0.2) is 34.2 Å². The number of rotatable bonds is 10. The minimum Gasteiger partial charge on any atom is -0.355 e. The summed E-state index contributed by atoms with van der Waals surface area (Å²) < 4.78 is 1.63.